The molecule has 3 fully saturated rings. The summed E-state index contributed by atoms with van der Waals surface area (Å²) in [5, 5.41) is 17.0. The summed E-state index contributed by atoms with van der Waals surface area (Å²) in [4.78, 5) is 6.15. The lowest BCUT2D eigenvalue weighted by Gasteiger charge is -2.52. The Kier molecular flexibility index (Phi) is 5.96. The predicted molar refractivity (Wildman–Crippen MR) is 137 cm³/mol. The second-order valence-electron chi connectivity index (χ2n) is 9.89. The second kappa shape index (κ2) is 9.26. The van der Waals surface area contributed by atoms with Crippen molar-refractivity contribution in [3.8, 4) is 0 Å². The van der Waals surface area contributed by atoms with Crippen LogP contribution in [0.3, 0.4) is 0 Å². The van der Waals surface area contributed by atoms with Gasteiger partial charge in [0.2, 0.25) is 5.82 Å². The quantitative estimate of drug-likeness (QED) is 0.363. The molecule has 1 N–H and O–H groups in total. The van der Waals surface area contributed by atoms with Crippen LogP contribution in [0.1, 0.15) is 35.7 Å². The molecule has 0 amide bonds. The summed E-state index contributed by atoms with van der Waals surface area (Å²) in [6.45, 7) is 4.17. The van der Waals surface area contributed by atoms with Gasteiger partial charge in [-0.3, -0.25) is 0 Å². The molecule has 2 bridgehead atoms. The van der Waals surface area contributed by atoms with Gasteiger partial charge in [0.25, 0.3) is 5.89 Å². The maximum Gasteiger partial charge on any atom is 0.268 e. The normalized spacial score (nSPS) is 23.9. The Bertz CT molecular complexity index is 1220. The number of aliphatic hydroxyl groups is 1. The number of rotatable bonds is 7. The number of quaternary nitrogens is 1. The summed E-state index contributed by atoms with van der Waals surface area (Å²) in [6.07, 6.45) is 2.49. The van der Waals surface area contributed by atoms with Gasteiger partial charge in [0.05, 0.1) is 24.9 Å². The minimum Gasteiger partial charge on any atom is -0.372 e. The molecule has 178 valence electrons. The first-order valence-corrected chi connectivity index (χ1v) is 13.3. The van der Waals surface area contributed by atoms with E-state index in [4.69, 9.17) is 9.51 Å². The standard InChI is InChI=1S/C29H30N3O2S/c33-29(23-10-4-1-5-11-23,24-12-6-2-7-13-24)28-30-27(31-34-28)21-32-18-16-22(17-19-32)26(20-32)35-25-14-8-3-9-15-25/h1-15,22,26,33H,16-21H2/q+1/t22?,26-,32?/m0/s1. The molecule has 3 saturated heterocycles. The molecule has 0 saturated carbocycles. The molecule has 1 aromatic heterocycles. The monoisotopic (exact) mass is 484 g/mol. The third-order valence-corrected chi connectivity index (χ3v) is 9.09. The van der Waals surface area contributed by atoms with Gasteiger partial charge in [-0.05, 0) is 29.2 Å². The van der Waals surface area contributed by atoms with Gasteiger partial charge in [-0.1, -0.05) is 84.0 Å². The van der Waals surface area contributed by atoms with Crippen molar-refractivity contribution in [2.45, 2.75) is 35.1 Å². The minimum atomic E-state index is -1.49. The molecule has 1 atom stereocenters. The molecular weight excluding hydrogens is 454 g/mol. The highest BCUT2D eigenvalue weighted by atomic mass is 32.2. The molecule has 4 aromatic rings. The molecule has 4 heterocycles. The lowest BCUT2D eigenvalue weighted by atomic mass is 9.85. The average molecular weight is 485 g/mol. The first-order chi connectivity index (χ1) is 17.1. The van der Waals surface area contributed by atoms with Gasteiger partial charge < -0.3 is 14.1 Å². The molecular formula is C29H30N3O2S+. The Hall–Kier alpha value is -2.93. The van der Waals surface area contributed by atoms with Crippen molar-refractivity contribution in [1.29, 1.82) is 0 Å². The largest absolute Gasteiger partial charge is 0.372 e. The molecule has 7 rings (SSSR count). The lowest BCUT2D eigenvalue weighted by Crippen LogP contribution is -2.62. The van der Waals surface area contributed by atoms with Crippen LogP contribution in [0.15, 0.2) is 100 Å². The topological polar surface area (TPSA) is 59.2 Å². The predicted octanol–water partition coefficient (Wildman–Crippen LogP) is 5.26. The summed E-state index contributed by atoms with van der Waals surface area (Å²) in [5.74, 6) is 1.68. The number of hydrogen-bond acceptors (Lipinski definition) is 5. The highest BCUT2D eigenvalue weighted by molar-refractivity contribution is 8.00. The molecule has 3 aromatic carbocycles. The van der Waals surface area contributed by atoms with Gasteiger partial charge in [0, 0.05) is 17.7 Å². The van der Waals surface area contributed by atoms with E-state index in [1.54, 1.807) is 0 Å². The van der Waals surface area contributed by atoms with Gasteiger partial charge in [-0.15, -0.1) is 11.8 Å². The van der Waals surface area contributed by atoms with Crippen LogP contribution in [0, 0.1) is 5.92 Å². The van der Waals surface area contributed by atoms with Crippen molar-refractivity contribution in [2.24, 2.45) is 5.92 Å². The zero-order valence-corrected chi connectivity index (χ0v) is 20.5. The first-order valence-electron chi connectivity index (χ1n) is 12.4. The smallest absolute Gasteiger partial charge is 0.268 e. The third kappa shape index (κ3) is 4.31. The average Bonchev–Trinajstić information content (AvgIpc) is 3.39. The van der Waals surface area contributed by atoms with E-state index < -0.39 is 5.60 Å². The van der Waals surface area contributed by atoms with E-state index in [1.165, 1.54) is 17.7 Å². The van der Waals surface area contributed by atoms with Gasteiger partial charge in [-0.2, -0.15) is 4.98 Å². The maximum atomic E-state index is 12.0. The van der Waals surface area contributed by atoms with E-state index in [0.29, 0.717) is 22.2 Å². The summed E-state index contributed by atoms with van der Waals surface area (Å²) in [5.41, 5.74) is -0.0629. The van der Waals surface area contributed by atoms with Gasteiger partial charge in [-0.25, -0.2) is 0 Å². The van der Waals surface area contributed by atoms with Crippen LogP contribution in [0.2, 0.25) is 0 Å². The highest BCUT2D eigenvalue weighted by Gasteiger charge is 2.47. The van der Waals surface area contributed by atoms with Crippen LogP contribution in [0.5, 0.6) is 0 Å². The van der Waals surface area contributed by atoms with E-state index in [1.807, 2.05) is 72.4 Å². The number of fused-ring (bicyclic) bond motifs is 3. The van der Waals surface area contributed by atoms with E-state index in [0.717, 1.165) is 36.6 Å². The zero-order valence-electron chi connectivity index (χ0n) is 19.7. The van der Waals surface area contributed by atoms with Crippen molar-refractivity contribution in [3.05, 3.63) is 114 Å². The van der Waals surface area contributed by atoms with Crippen molar-refractivity contribution in [1.82, 2.24) is 10.1 Å². The second-order valence-corrected chi connectivity index (χ2v) is 11.2. The highest BCUT2D eigenvalue weighted by Crippen LogP contribution is 2.43. The van der Waals surface area contributed by atoms with Crippen molar-refractivity contribution in [3.63, 3.8) is 0 Å². The molecule has 3 aliphatic rings. The van der Waals surface area contributed by atoms with Gasteiger partial charge in [0.15, 0.2) is 5.60 Å². The molecule has 35 heavy (non-hydrogen) atoms. The SMILES string of the molecule is OC(c1ccccc1)(c1ccccc1)c1nc(C[N+]23CCC(CC2)[C@@H](Sc2ccccc2)C3)no1. The minimum absolute atomic E-state index is 0.227. The van der Waals surface area contributed by atoms with Crippen LogP contribution in [-0.2, 0) is 12.1 Å². The fraction of sp³-hybridized carbons (Fsp3) is 0.310. The van der Waals surface area contributed by atoms with Gasteiger partial charge >= 0.3 is 0 Å². The van der Waals surface area contributed by atoms with E-state index in [-0.39, 0.29) is 5.89 Å². The zero-order chi connectivity index (χ0) is 23.7. The van der Waals surface area contributed by atoms with Crippen LogP contribution in [0.25, 0.3) is 0 Å². The van der Waals surface area contributed by atoms with E-state index >= 15 is 0 Å². The van der Waals surface area contributed by atoms with Crippen molar-refractivity contribution < 1.29 is 14.1 Å². The van der Waals surface area contributed by atoms with Crippen LogP contribution >= 0.6 is 11.8 Å². The van der Waals surface area contributed by atoms with E-state index in [9.17, 15) is 5.11 Å². The lowest BCUT2D eigenvalue weighted by molar-refractivity contribution is -0.954. The van der Waals surface area contributed by atoms with E-state index in [2.05, 4.69) is 35.5 Å². The Morgan fingerprint density at radius 2 is 1.43 bits per heavy atom. The molecule has 0 spiro atoms. The fourth-order valence-corrected chi connectivity index (χ4v) is 7.31. The molecule has 0 aliphatic carbocycles. The fourth-order valence-electron chi connectivity index (χ4n) is 5.79. The molecule has 6 heteroatoms. The Morgan fingerprint density at radius 1 is 0.857 bits per heavy atom. The number of hydrogen-bond donors (Lipinski definition) is 1. The Labute approximate surface area is 210 Å². The molecule has 0 radical (unpaired) electrons. The Balaban J connectivity index is 1.27. The van der Waals surface area contributed by atoms with Crippen molar-refractivity contribution in [2.75, 3.05) is 19.6 Å². The number of piperidine rings is 3. The summed E-state index contributed by atoms with van der Waals surface area (Å²) < 4.78 is 6.77. The van der Waals surface area contributed by atoms with Gasteiger partial charge in [0.1, 0.15) is 6.54 Å². The number of benzene rings is 3. The van der Waals surface area contributed by atoms with Crippen LogP contribution in [0.4, 0.5) is 0 Å². The van der Waals surface area contributed by atoms with Crippen molar-refractivity contribution >= 4 is 11.8 Å². The summed E-state index contributed by atoms with van der Waals surface area (Å²) in [7, 11) is 0. The molecule has 5 nitrogen and oxygen atoms in total. The maximum absolute atomic E-state index is 12.0. The first kappa shape index (κ1) is 22.5. The molecule has 0 unspecified atom stereocenters. The number of thioether (sulfide) groups is 1. The van der Waals surface area contributed by atoms with Crippen LogP contribution in [-0.4, -0.2) is 44.6 Å². The number of nitrogens with zero attached hydrogens (tertiary/aromatic N) is 3. The molecule has 3 aliphatic heterocycles. The third-order valence-electron chi connectivity index (χ3n) is 7.71. The number of aromatic nitrogens is 2. The summed E-state index contributed by atoms with van der Waals surface area (Å²) >= 11 is 2.02. The summed E-state index contributed by atoms with van der Waals surface area (Å²) in [6, 6.07) is 29.9. The Morgan fingerprint density at radius 3 is 2.03 bits per heavy atom. The van der Waals surface area contributed by atoms with Crippen LogP contribution < -0.4 is 0 Å².